The Morgan fingerprint density at radius 2 is 1.86 bits per heavy atom. The number of benzene rings is 2. The SMILES string of the molecule is C=CC(=O)Nc1cc(-c2cncc(CC)c2)ccc1CCCC1=CC=CC2=C(C=N1)CC/C(=C/c1c(Cl)c(C)cc(OC)c1Cl)C(=O)/C=C(\C)C2. The van der Waals surface area contributed by atoms with Gasteiger partial charge in [0.1, 0.15) is 5.75 Å². The molecule has 0 saturated carbocycles. The molecule has 3 aromatic rings. The fraction of sp³-hybridized carbons (Fsp3) is 0.256. The quantitative estimate of drug-likeness (QED) is 0.212. The second-order valence-electron chi connectivity index (χ2n) is 12.8. The van der Waals surface area contributed by atoms with Crippen molar-refractivity contribution in [1.82, 2.24) is 4.98 Å². The summed E-state index contributed by atoms with van der Waals surface area (Å²) in [6, 6.07) is 10.1. The molecule has 262 valence electrons. The molecule has 5 rings (SSSR count). The monoisotopic (exact) mass is 719 g/mol. The normalized spacial score (nSPS) is 16.6. The van der Waals surface area contributed by atoms with Crippen molar-refractivity contribution in [2.24, 2.45) is 4.99 Å². The van der Waals surface area contributed by atoms with E-state index in [1.165, 1.54) is 6.08 Å². The number of ether oxygens (including phenoxy) is 1. The van der Waals surface area contributed by atoms with Crippen molar-refractivity contribution in [2.75, 3.05) is 12.4 Å². The van der Waals surface area contributed by atoms with Gasteiger partial charge in [-0.05, 0) is 135 Å². The number of carbonyl (C=O) groups excluding carboxylic acids is 2. The number of nitrogens with one attached hydrogen (secondary N) is 1. The molecule has 8 heteroatoms. The van der Waals surface area contributed by atoms with Crippen LogP contribution in [0.2, 0.25) is 10.0 Å². The van der Waals surface area contributed by atoms with Crippen molar-refractivity contribution in [3.8, 4) is 16.9 Å². The number of amides is 1. The van der Waals surface area contributed by atoms with Crippen LogP contribution in [0.25, 0.3) is 17.2 Å². The number of carbonyl (C=O) groups is 2. The van der Waals surface area contributed by atoms with E-state index in [9.17, 15) is 9.59 Å². The van der Waals surface area contributed by atoms with Gasteiger partial charge >= 0.3 is 0 Å². The molecule has 1 aliphatic heterocycles. The lowest BCUT2D eigenvalue weighted by atomic mass is 9.96. The van der Waals surface area contributed by atoms with E-state index in [0.717, 1.165) is 81.6 Å². The number of aryl methyl sites for hydroxylation is 3. The minimum atomic E-state index is -0.250. The average Bonchev–Trinajstić information content (AvgIpc) is 3.17. The number of halogens is 2. The second kappa shape index (κ2) is 17.4. The lowest BCUT2D eigenvalue weighted by Gasteiger charge is -2.14. The van der Waals surface area contributed by atoms with Gasteiger partial charge in [0.2, 0.25) is 5.91 Å². The van der Waals surface area contributed by atoms with Gasteiger partial charge in [-0.15, -0.1) is 0 Å². The van der Waals surface area contributed by atoms with Crippen LogP contribution in [0.3, 0.4) is 0 Å². The predicted octanol–water partition coefficient (Wildman–Crippen LogP) is 11.0. The summed E-state index contributed by atoms with van der Waals surface area (Å²) >= 11 is 13.3. The molecular formula is C43H43Cl2N3O3. The van der Waals surface area contributed by atoms with Crippen LogP contribution in [0, 0.1) is 6.92 Å². The smallest absolute Gasteiger partial charge is 0.247 e. The summed E-state index contributed by atoms with van der Waals surface area (Å²) in [6.07, 6.45) is 21.7. The van der Waals surface area contributed by atoms with Crippen molar-refractivity contribution in [3.05, 3.63) is 140 Å². The molecule has 51 heavy (non-hydrogen) atoms. The Labute approximate surface area is 311 Å². The molecule has 0 spiro atoms. The molecule has 0 atom stereocenters. The van der Waals surface area contributed by atoms with Crippen LogP contribution in [0.15, 0.2) is 113 Å². The van der Waals surface area contributed by atoms with E-state index >= 15 is 0 Å². The third kappa shape index (κ3) is 9.52. The number of hydrogen-bond donors (Lipinski definition) is 1. The summed E-state index contributed by atoms with van der Waals surface area (Å²) in [4.78, 5) is 35.1. The fourth-order valence-electron chi connectivity index (χ4n) is 6.21. The number of allylic oxidation sites excluding steroid dienone is 9. The number of pyridine rings is 1. The highest BCUT2D eigenvalue weighted by atomic mass is 35.5. The van der Waals surface area contributed by atoms with Crippen LogP contribution < -0.4 is 10.1 Å². The maximum Gasteiger partial charge on any atom is 0.247 e. The lowest BCUT2D eigenvalue weighted by Crippen LogP contribution is -2.09. The molecule has 0 bridgehead atoms. The molecular weight excluding hydrogens is 677 g/mol. The lowest BCUT2D eigenvalue weighted by molar-refractivity contribution is -0.112. The molecule has 1 amide bonds. The van der Waals surface area contributed by atoms with Gasteiger partial charge in [0.25, 0.3) is 0 Å². The summed E-state index contributed by atoms with van der Waals surface area (Å²) in [5.74, 6) is 0.206. The highest BCUT2D eigenvalue weighted by molar-refractivity contribution is 6.38. The van der Waals surface area contributed by atoms with Crippen LogP contribution in [0.1, 0.15) is 68.2 Å². The van der Waals surface area contributed by atoms with Crippen LogP contribution in [-0.2, 0) is 22.4 Å². The van der Waals surface area contributed by atoms with Gasteiger partial charge in [-0.2, -0.15) is 0 Å². The largest absolute Gasteiger partial charge is 0.495 e. The van der Waals surface area contributed by atoms with Gasteiger partial charge in [-0.25, -0.2) is 0 Å². The number of hydrogen-bond acceptors (Lipinski definition) is 5. The van der Waals surface area contributed by atoms with E-state index in [1.54, 1.807) is 25.3 Å². The maximum atomic E-state index is 13.5. The Bertz CT molecular complexity index is 2050. The molecule has 1 aromatic heterocycles. The summed E-state index contributed by atoms with van der Waals surface area (Å²) < 4.78 is 5.46. The van der Waals surface area contributed by atoms with E-state index in [1.807, 2.05) is 44.6 Å². The molecule has 1 aliphatic carbocycles. The van der Waals surface area contributed by atoms with E-state index in [2.05, 4.69) is 54.2 Å². The second-order valence-corrected chi connectivity index (χ2v) is 13.6. The van der Waals surface area contributed by atoms with Crippen molar-refractivity contribution in [1.29, 1.82) is 0 Å². The first-order valence-corrected chi connectivity index (χ1v) is 17.9. The topological polar surface area (TPSA) is 80.7 Å². The number of aromatic nitrogens is 1. The van der Waals surface area contributed by atoms with Gasteiger partial charge in [-0.3, -0.25) is 19.6 Å². The first-order chi connectivity index (χ1) is 24.6. The highest BCUT2D eigenvalue weighted by Crippen LogP contribution is 2.38. The zero-order chi connectivity index (χ0) is 36.5. The number of methoxy groups -OCH3 is 1. The highest BCUT2D eigenvalue weighted by Gasteiger charge is 2.19. The fourth-order valence-corrected chi connectivity index (χ4v) is 6.74. The van der Waals surface area contributed by atoms with E-state index in [-0.39, 0.29) is 11.7 Å². The summed E-state index contributed by atoms with van der Waals surface area (Å²) in [6.45, 7) is 9.60. The number of rotatable bonds is 10. The Hall–Kier alpha value is -4.78. The Balaban J connectivity index is 1.33. The van der Waals surface area contributed by atoms with Gasteiger partial charge in [0.15, 0.2) is 5.78 Å². The number of anilines is 1. The molecule has 2 aromatic carbocycles. The minimum absolute atomic E-state index is 0.0573. The van der Waals surface area contributed by atoms with Crippen LogP contribution in [-0.4, -0.2) is 30.0 Å². The van der Waals surface area contributed by atoms with E-state index in [4.69, 9.17) is 32.9 Å². The first-order valence-electron chi connectivity index (χ1n) is 17.2. The van der Waals surface area contributed by atoms with Crippen molar-refractivity contribution in [2.45, 2.75) is 65.7 Å². The Kier molecular flexibility index (Phi) is 12.8. The maximum absolute atomic E-state index is 13.5. The number of aliphatic imine (C=N–C) groups is 1. The standard InChI is InChI=1S/C43H43Cl2N3O3/c1-6-29-21-35(25-46-24-29)32-15-14-30(38(23-32)48-41(50)7-2)10-8-12-36-13-9-11-31-18-27(3)19-39(49)33(16-17-34(31)26-47-36)22-37-42(44)28(4)20-40(51-5)43(37)45/h7,9,11,13-15,19-26H,2,6,8,10,12,16-18H2,1,3-5H3,(H,48,50)/b11-9?,13-9?,27-19+,31-11?,33-22-,34-26?,34-31?,36-13?,47-26?,47-36?. The van der Waals surface area contributed by atoms with Gasteiger partial charge in [0, 0.05) is 46.7 Å². The molecule has 6 nitrogen and oxygen atoms in total. The van der Waals surface area contributed by atoms with E-state index in [0.29, 0.717) is 46.2 Å². The Morgan fingerprint density at radius 3 is 2.63 bits per heavy atom. The van der Waals surface area contributed by atoms with Crippen molar-refractivity contribution < 1.29 is 14.3 Å². The average molecular weight is 721 g/mol. The first kappa shape index (κ1) is 37.5. The van der Waals surface area contributed by atoms with Gasteiger partial charge < -0.3 is 10.1 Å². The van der Waals surface area contributed by atoms with Crippen LogP contribution in [0.5, 0.6) is 5.75 Å². The summed E-state index contributed by atoms with van der Waals surface area (Å²) in [7, 11) is 1.56. The summed E-state index contributed by atoms with van der Waals surface area (Å²) in [5, 5.41) is 3.88. The van der Waals surface area contributed by atoms with Crippen molar-refractivity contribution >= 4 is 52.9 Å². The molecule has 0 unspecified atom stereocenters. The van der Waals surface area contributed by atoms with Gasteiger partial charge in [0.05, 0.1) is 17.2 Å². The zero-order valence-electron chi connectivity index (χ0n) is 29.6. The van der Waals surface area contributed by atoms with Crippen LogP contribution >= 0.6 is 23.2 Å². The molecule has 1 N–H and O–H groups in total. The molecule has 2 aliphatic rings. The molecule has 0 radical (unpaired) electrons. The third-order valence-electron chi connectivity index (χ3n) is 9.10. The minimum Gasteiger partial charge on any atom is -0.495 e. The third-order valence-corrected chi connectivity index (χ3v) is 9.99. The molecule has 0 fully saturated rings. The summed E-state index contributed by atoms with van der Waals surface area (Å²) in [5.41, 5.74) is 11.1. The Morgan fingerprint density at radius 1 is 1.04 bits per heavy atom. The zero-order valence-corrected chi connectivity index (χ0v) is 31.1. The van der Waals surface area contributed by atoms with Gasteiger partial charge in [-0.1, -0.05) is 66.6 Å². The molecule has 2 heterocycles. The number of nitrogens with zero attached hydrogens (tertiary/aromatic N) is 2. The van der Waals surface area contributed by atoms with E-state index < -0.39 is 0 Å². The predicted molar refractivity (Wildman–Crippen MR) is 212 cm³/mol. The van der Waals surface area contributed by atoms with Crippen molar-refractivity contribution in [3.63, 3.8) is 0 Å². The van der Waals surface area contributed by atoms with Crippen LogP contribution in [0.4, 0.5) is 5.69 Å². The molecule has 0 saturated heterocycles. The number of ketones is 1.